The highest BCUT2D eigenvalue weighted by molar-refractivity contribution is 6.51. The Morgan fingerprint density at radius 1 is 1.05 bits per heavy atom. The Balaban J connectivity index is 1.69. The predicted octanol–water partition coefficient (Wildman–Crippen LogP) is 3.83. The van der Waals surface area contributed by atoms with Gasteiger partial charge in [-0.3, -0.25) is 0 Å². The summed E-state index contributed by atoms with van der Waals surface area (Å²) >= 11 is 0. The molecule has 0 amide bonds. The van der Waals surface area contributed by atoms with E-state index in [0.29, 0.717) is 0 Å². The van der Waals surface area contributed by atoms with Gasteiger partial charge in [0.05, 0.1) is 11.2 Å². The van der Waals surface area contributed by atoms with Gasteiger partial charge in [0, 0.05) is 18.3 Å². The van der Waals surface area contributed by atoms with Crippen LogP contribution in [0.3, 0.4) is 0 Å². The summed E-state index contributed by atoms with van der Waals surface area (Å²) < 4.78 is 14.1. The van der Waals surface area contributed by atoms with Crippen molar-refractivity contribution in [3.63, 3.8) is 0 Å². The number of nitrogens with zero attached hydrogens (tertiary/aromatic N) is 1. The first-order chi connectivity index (χ1) is 9.89. The van der Waals surface area contributed by atoms with Gasteiger partial charge in [-0.25, -0.2) is 0 Å². The lowest BCUT2D eigenvalue weighted by Gasteiger charge is -2.32. The summed E-state index contributed by atoms with van der Waals surface area (Å²) in [5.41, 5.74) is 0.695. The zero-order valence-corrected chi connectivity index (χ0v) is 13.2. The molecule has 0 bridgehead atoms. The molecule has 1 aromatic heterocycles. The molecule has 110 valence electrons. The lowest BCUT2D eigenvalue weighted by molar-refractivity contribution is 0.00578. The summed E-state index contributed by atoms with van der Waals surface area (Å²) in [7, 11) is -0.267. The first-order valence-corrected chi connectivity index (χ1v) is 7.45. The quantitative estimate of drug-likeness (QED) is 0.799. The zero-order valence-electron chi connectivity index (χ0n) is 13.2. The minimum absolute atomic E-state index is 0.267. The summed E-state index contributed by atoms with van der Waals surface area (Å²) in [5, 5.41) is 1.27. The molecule has 0 spiro atoms. The van der Waals surface area contributed by atoms with Crippen molar-refractivity contribution >= 4 is 18.0 Å². The van der Waals surface area contributed by atoms with Gasteiger partial charge in [0.2, 0.25) is 0 Å². The summed E-state index contributed by atoms with van der Waals surface area (Å²) in [5.74, 6) is 2.01. The number of fused-ring (bicyclic) bond motifs is 1. The maximum atomic E-state index is 5.95. The molecule has 4 heteroatoms. The molecule has 0 radical (unpaired) electrons. The van der Waals surface area contributed by atoms with Crippen molar-refractivity contribution in [2.24, 2.45) is 0 Å². The smallest absolute Gasteiger partial charge is 0.400 e. The molecule has 0 saturated carbocycles. The summed E-state index contributed by atoms with van der Waals surface area (Å²) in [4.78, 5) is 0. The van der Waals surface area contributed by atoms with Gasteiger partial charge in [-0.15, -0.1) is 0 Å². The number of benzene rings is 1. The van der Waals surface area contributed by atoms with Crippen LogP contribution in [0.2, 0.25) is 0 Å². The van der Waals surface area contributed by atoms with Gasteiger partial charge in [0.15, 0.2) is 0 Å². The van der Waals surface area contributed by atoms with Crippen molar-refractivity contribution in [2.75, 3.05) is 0 Å². The highest BCUT2D eigenvalue weighted by atomic mass is 16.7. The Kier molecular flexibility index (Phi) is 3.46. The van der Waals surface area contributed by atoms with Crippen LogP contribution in [0.1, 0.15) is 27.7 Å². The van der Waals surface area contributed by atoms with E-state index in [0.717, 1.165) is 6.54 Å². The van der Waals surface area contributed by atoms with Crippen LogP contribution in [-0.2, 0) is 15.9 Å². The summed E-state index contributed by atoms with van der Waals surface area (Å²) in [6, 6.07) is 10.5. The minimum Gasteiger partial charge on any atom is -0.400 e. The van der Waals surface area contributed by atoms with Crippen molar-refractivity contribution in [3.05, 3.63) is 48.6 Å². The average Bonchev–Trinajstić information content (AvgIpc) is 2.89. The van der Waals surface area contributed by atoms with Crippen molar-refractivity contribution in [2.45, 2.75) is 45.4 Å². The largest absolute Gasteiger partial charge is 0.486 e. The van der Waals surface area contributed by atoms with Crippen LogP contribution >= 0.6 is 0 Å². The van der Waals surface area contributed by atoms with E-state index in [1.165, 1.54) is 10.9 Å². The first kappa shape index (κ1) is 14.4. The maximum absolute atomic E-state index is 5.95. The topological polar surface area (TPSA) is 23.4 Å². The number of hydrogen-bond acceptors (Lipinski definition) is 2. The number of rotatable bonds is 3. The molecule has 1 aromatic carbocycles. The van der Waals surface area contributed by atoms with E-state index in [1.54, 1.807) is 0 Å². The Morgan fingerprint density at radius 2 is 1.71 bits per heavy atom. The Bertz CT molecular complexity index is 656. The molecule has 3 rings (SSSR count). The monoisotopic (exact) mass is 283 g/mol. The molecule has 1 aliphatic heterocycles. The molecular formula is C17H22BNO2. The van der Waals surface area contributed by atoms with Gasteiger partial charge in [0.1, 0.15) is 0 Å². The van der Waals surface area contributed by atoms with E-state index in [-0.39, 0.29) is 18.3 Å². The Hall–Kier alpha value is -1.52. The van der Waals surface area contributed by atoms with Gasteiger partial charge in [-0.1, -0.05) is 30.3 Å². The minimum atomic E-state index is -0.276. The van der Waals surface area contributed by atoms with Gasteiger partial charge in [0.25, 0.3) is 0 Å². The van der Waals surface area contributed by atoms with Crippen LogP contribution in [0.5, 0.6) is 0 Å². The Labute approximate surface area is 126 Å². The van der Waals surface area contributed by atoms with E-state index in [1.807, 2.05) is 5.98 Å². The first-order valence-electron chi connectivity index (χ1n) is 7.45. The van der Waals surface area contributed by atoms with Crippen molar-refractivity contribution in [3.8, 4) is 0 Å². The van der Waals surface area contributed by atoms with E-state index in [9.17, 15) is 0 Å². The molecule has 1 saturated heterocycles. The molecule has 0 atom stereocenters. The second-order valence-electron chi connectivity index (χ2n) is 6.58. The molecule has 0 N–H and O–H groups in total. The Morgan fingerprint density at radius 3 is 2.43 bits per heavy atom. The third-order valence-electron chi connectivity index (χ3n) is 4.55. The number of allylic oxidation sites excluding steroid dienone is 1. The molecule has 1 aliphatic rings. The second kappa shape index (κ2) is 5.04. The maximum Gasteiger partial charge on any atom is 0.486 e. The van der Waals surface area contributed by atoms with Gasteiger partial charge < -0.3 is 13.9 Å². The van der Waals surface area contributed by atoms with Crippen molar-refractivity contribution in [1.29, 1.82) is 0 Å². The van der Waals surface area contributed by atoms with E-state index < -0.39 is 0 Å². The van der Waals surface area contributed by atoms with Gasteiger partial charge in [-0.2, -0.15) is 0 Å². The van der Waals surface area contributed by atoms with Crippen molar-refractivity contribution in [1.82, 2.24) is 4.57 Å². The van der Waals surface area contributed by atoms with Crippen LogP contribution < -0.4 is 0 Å². The second-order valence-corrected chi connectivity index (χ2v) is 6.58. The van der Waals surface area contributed by atoms with Crippen LogP contribution in [0.15, 0.2) is 48.6 Å². The fraction of sp³-hybridized carbons (Fsp3) is 0.412. The fourth-order valence-electron chi connectivity index (χ4n) is 2.55. The van der Waals surface area contributed by atoms with Crippen molar-refractivity contribution < 1.29 is 9.31 Å². The highest BCUT2D eigenvalue weighted by Gasteiger charge is 2.49. The number of hydrogen-bond donors (Lipinski definition) is 0. The third-order valence-corrected chi connectivity index (χ3v) is 4.55. The van der Waals surface area contributed by atoms with Gasteiger partial charge in [-0.05, 0) is 45.2 Å². The molecule has 2 aromatic rings. The average molecular weight is 283 g/mol. The van der Waals surface area contributed by atoms with Crippen LogP contribution in [0.4, 0.5) is 0 Å². The molecule has 0 aliphatic carbocycles. The molecule has 0 unspecified atom stereocenters. The van der Waals surface area contributed by atoms with E-state index in [2.05, 4.69) is 74.9 Å². The van der Waals surface area contributed by atoms with Crippen LogP contribution in [0.25, 0.3) is 10.9 Å². The highest BCUT2D eigenvalue weighted by Crippen LogP contribution is 2.36. The molecule has 2 heterocycles. The lowest BCUT2D eigenvalue weighted by atomic mass is 9.90. The number of aromatic nitrogens is 1. The molecular weight excluding hydrogens is 261 g/mol. The summed E-state index contributed by atoms with van der Waals surface area (Å²) in [6.45, 7) is 9.10. The van der Waals surface area contributed by atoms with E-state index in [4.69, 9.17) is 9.31 Å². The number of para-hydroxylation sites is 1. The molecule has 21 heavy (non-hydrogen) atoms. The summed E-state index contributed by atoms with van der Waals surface area (Å²) in [6.07, 6.45) is 4.22. The standard InChI is InChI=1S/C17H22BNO2/c1-16(2)17(3,4)21-18(20-16)11-7-12-19-13-10-14-8-5-6-9-15(14)19/h5-11,13H,12H2,1-4H3/b11-7+. The SMILES string of the molecule is CC1(C)OB(/C=C/Cn2ccc3ccccc32)OC1(C)C. The van der Waals surface area contributed by atoms with Crippen LogP contribution in [0, 0.1) is 0 Å². The van der Waals surface area contributed by atoms with Crippen LogP contribution in [-0.4, -0.2) is 22.9 Å². The normalized spacial score (nSPS) is 20.7. The van der Waals surface area contributed by atoms with Gasteiger partial charge >= 0.3 is 7.12 Å². The predicted molar refractivity (Wildman–Crippen MR) is 87.2 cm³/mol. The molecule has 1 fully saturated rings. The lowest BCUT2D eigenvalue weighted by Crippen LogP contribution is -2.41. The zero-order chi connectivity index (χ0) is 15.1. The third kappa shape index (κ3) is 2.66. The van der Waals surface area contributed by atoms with E-state index >= 15 is 0 Å². The fourth-order valence-corrected chi connectivity index (χ4v) is 2.55. The molecule has 3 nitrogen and oxygen atoms in total.